The molecule has 0 atom stereocenters. The molecule has 0 saturated carbocycles. The van der Waals surface area contributed by atoms with Gasteiger partial charge in [-0.15, -0.1) is 11.6 Å². The normalized spacial score (nSPS) is 12.4. The predicted octanol–water partition coefficient (Wildman–Crippen LogP) is 0.897. The SMILES string of the molecule is CCN(C)S(=O)(=O)CCCCl. The standard InChI is InChI=1S/C6H14ClNO2S/c1-3-8(2)11(9,10)6-4-5-7/h3-6H2,1-2H3. The van der Waals surface area contributed by atoms with Crippen LogP contribution in [0.15, 0.2) is 0 Å². The maximum atomic E-state index is 11.2. The number of sulfonamides is 1. The molecular weight excluding hydrogens is 186 g/mol. The lowest BCUT2D eigenvalue weighted by Gasteiger charge is -2.13. The molecule has 0 N–H and O–H groups in total. The van der Waals surface area contributed by atoms with E-state index in [1.165, 1.54) is 4.31 Å². The molecule has 11 heavy (non-hydrogen) atoms. The lowest BCUT2D eigenvalue weighted by Crippen LogP contribution is -2.29. The van der Waals surface area contributed by atoms with Crippen molar-refractivity contribution in [2.45, 2.75) is 13.3 Å². The highest BCUT2D eigenvalue weighted by atomic mass is 35.5. The van der Waals surface area contributed by atoms with Crippen molar-refractivity contribution in [3.05, 3.63) is 0 Å². The molecular formula is C6H14ClNO2S. The summed E-state index contributed by atoms with van der Waals surface area (Å²) in [6, 6.07) is 0. The number of hydrogen-bond acceptors (Lipinski definition) is 2. The minimum absolute atomic E-state index is 0.154. The van der Waals surface area contributed by atoms with Crippen LogP contribution in [-0.4, -0.2) is 37.9 Å². The van der Waals surface area contributed by atoms with Crippen LogP contribution < -0.4 is 0 Å². The van der Waals surface area contributed by atoms with Gasteiger partial charge < -0.3 is 0 Å². The van der Waals surface area contributed by atoms with Crippen molar-refractivity contribution in [1.82, 2.24) is 4.31 Å². The smallest absolute Gasteiger partial charge is 0.212 e. The van der Waals surface area contributed by atoms with Crippen LogP contribution in [0, 0.1) is 0 Å². The van der Waals surface area contributed by atoms with Gasteiger partial charge in [0.25, 0.3) is 0 Å². The van der Waals surface area contributed by atoms with Gasteiger partial charge in [0, 0.05) is 19.5 Å². The summed E-state index contributed by atoms with van der Waals surface area (Å²) >= 11 is 5.37. The summed E-state index contributed by atoms with van der Waals surface area (Å²) in [7, 11) is -1.45. The van der Waals surface area contributed by atoms with Crippen LogP contribution in [0.1, 0.15) is 13.3 Å². The van der Waals surface area contributed by atoms with E-state index in [9.17, 15) is 8.42 Å². The van der Waals surface area contributed by atoms with Crippen molar-refractivity contribution in [3.8, 4) is 0 Å². The average molecular weight is 200 g/mol. The Morgan fingerprint density at radius 2 is 2.00 bits per heavy atom. The molecule has 3 nitrogen and oxygen atoms in total. The molecule has 0 unspecified atom stereocenters. The van der Waals surface area contributed by atoms with Crippen molar-refractivity contribution in [2.75, 3.05) is 25.2 Å². The Bertz CT molecular complexity index is 191. The van der Waals surface area contributed by atoms with E-state index >= 15 is 0 Å². The number of hydrogen-bond donors (Lipinski definition) is 0. The molecule has 68 valence electrons. The first-order valence-electron chi connectivity index (χ1n) is 3.54. The summed E-state index contributed by atoms with van der Waals surface area (Å²) in [5.41, 5.74) is 0. The molecule has 5 heteroatoms. The molecule has 0 bridgehead atoms. The van der Waals surface area contributed by atoms with E-state index in [4.69, 9.17) is 11.6 Å². The lowest BCUT2D eigenvalue weighted by molar-refractivity contribution is 0.485. The minimum Gasteiger partial charge on any atom is -0.212 e. The van der Waals surface area contributed by atoms with Crippen LogP contribution in [-0.2, 0) is 10.0 Å². The van der Waals surface area contributed by atoms with Crippen LogP contribution >= 0.6 is 11.6 Å². The van der Waals surface area contributed by atoms with Crippen molar-refractivity contribution < 1.29 is 8.42 Å². The molecule has 0 aliphatic heterocycles. The monoisotopic (exact) mass is 199 g/mol. The van der Waals surface area contributed by atoms with Gasteiger partial charge in [-0.2, -0.15) is 0 Å². The fraction of sp³-hybridized carbons (Fsp3) is 1.00. The van der Waals surface area contributed by atoms with E-state index in [1.54, 1.807) is 14.0 Å². The highest BCUT2D eigenvalue weighted by Gasteiger charge is 2.14. The Morgan fingerprint density at radius 3 is 2.36 bits per heavy atom. The number of nitrogens with zero attached hydrogens (tertiary/aromatic N) is 1. The number of rotatable bonds is 5. The van der Waals surface area contributed by atoms with Gasteiger partial charge in [0.15, 0.2) is 0 Å². The molecule has 0 spiro atoms. The van der Waals surface area contributed by atoms with Gasteiger partial charge in [-0.25, -0.2) is 12.7 Å². The van der Waals surface area contributed by atoms with Gasteiger partial charge in [-0.3, -0.25) is 0 Å². The molecule has 0 rings (SSSR count). The highest BCUT2D eigenvalue weighted by Crippen LogP contribution is 2.00. The van der Waals surface area contributed by atoms with Gasteiger partial charge in [0.2, 0.25) is 10.0 Å². The van der Waals surface area contributed by atoms with Gasteiger partial charge in [0.1, 0.15) is 0 Å². The third-order valence-electron chi connectivity index (χ3n) is 1.46. The number of alkyl halides is 1. The second-order valence-electron chi connectivity index (χ2n) is 2.27. The summed E-state index contributed by atoms with van der Waals surface area (Å²) in [5.74, 6) is 0.553. The predicted molar refractivity (Wildman–Crippen MR) is 47.4 cm³/mol. The highest BCUT2D eigenvalue weighted by molar-refractivity contribution is 7.89. The molecule has 0 heterocycles. The largest absolute Gasteiger partial charge is 0.213 e. The number of halogens is 1. The zero-order valence-electron chi connectivity index (χ0n) is 6.88. The Labute approximate surface area is 73.4 Å². The molecule has 0 aromatic carbocycles. The zero-order chi connectivity index (χ0) is 8.91. The minimum atomic E-state index is -3.02. The maximum Gasteiger partial charge on any atom is 0.213 e. The third kappa shape index (κ3) is 3.94. The van der Waals surface area contributed by atoms with Crippen LogP contribution in [0.2, 0.25) is 0 Å². The first-order chi connectivity index (χ1) is 5.04. The molecule has 0 fully saturated rings. The van der Waals surface area contributed by atoms with Crippen molar-refractivity contribution in [1.29, 1.82) is 0 Å². The first-order valence-corrected chi connectivity index (χ1v) is 5.69. The molecule has 0 aromatic heterocycles. The molecule has 0 aromatic rings. The van der Waals surface area contributed by atoms with Gasteiger partial charge in [-0.1, -0.05) is 6.92 Å². The van der Waals surface area contributed by atoms with Crippen LogP contribution in [0.5, 0.6) is 0 Å². The second kappa shape index (κ2) is 4.95. The molecule has 0 radical (unpaired) electrons. The van der Waals surface area contributed by atoms with E-state index in [0.717, 1.165) is 0 Å². The summed E-state index contributed by atoms with van der Waals surface area (Å²) < 4.78 is 23.7. The third-order valence-corrected chi connectivity index (χ3v) is 3.74. The Morgan fingerprint density at radius 1 is 1.45 bits per heavy atom. The van der Waals surface area contributed by atoms with E-state index in [1.807, 2.05) is 0 Å². The molecule has 0 saturated heterocycles. The van der Waals surface area contributed by atoms with Crippen LogP contribution in [0.4, 0.5) is 0 Å². The molecule has 0 amide bonds. The Kier molecular flexibility index (Phi) is 5.04. The molecule has 0 aliphatic carbocycles. The Balaban J connectivity index is 4.01. The van der Waals surface area contributed by atoms with Crippen LogP contribution in [0.3, 0.4) is 0 Å². The fourth-order valence-corrected chi connectivity index (χ4v) is 2.10. The summed E-state index contributed by atoms with van der Waals surface area (Å²) in [6.07, 6.45) is 0.522. The fourth-order valence-electron chi connectivity index (χ4n) is 0.589. The lowest BCUT2D eigenvalue weighted by atomic mass is 10.6. The first kappa shape index (κ1) is 11.2. The quantitative estimate of drug-likeness (QED) is 0.617. The van der Waals surface area contributed by atoms with Crippen LogP contribution in [0.25, 0.3) is 0 Å². The van der Waals surface area contributed by atoms with E-state index in [2.05, 4.69) is 0 Å². The van der Waals surface area contributed by atoms with E-state index in [0.29, 0.717) is 18.8 Å². The van der Waals surface area contributed by atoms with E-state index in [-0.39, 0.29) is 5.75 Å². The summed E-state index contributed by atoms with van der Waals surface area (Å²) in [6.45, 7) is 2.32. The maximum absolute atomic E-state index is 11.2. The van der Waals surface area contributed by atoms with Gasteiger partial charge >= 0.3 is 0 Å². The van der Waals surface area contributed by atoms with Gasteiger partial charge in [0.05, 0.1) is 5.75 Å². The summed E-state index contributed by atoms with van der Waals surface area (Å²) in [4.78, 5) is 0. The van der Waals surface area contributed by atoms with E-state index < -0.39 is 10.0 Å². The van der Waals surface area contributed by atoms with Crippen molar-refractivity contribution in [2.24, 2.45) is 0 Å². The van der Waals surface area contributed by atoms with Crippen molar-refractivity contribution in [3.63, 3.8) is 0 Å². The topological polar surface area (TPSA) is 37.4 Å². The summed E-state index contributed by atoms with van der Waals surface area (Å²) in [5, 5.41) is 0. The second-order valence-corrected chi connectivity index (χ2v) is 4.85. The molecule has 0 aliphatic rings. The Hall–Kier alpha value is 0.200. The zero-order valence-corrected chi connectivity index (χ0v) is 8.45. The van der Waals surface area contributed by atoms with Gasteiger partial charge in [-0.05, 0) is 6.42 Å². The average Bonchev–Trinajstić information content (AvgIpc) is 1.99. The van der Waals surface area contributed by atoms with Crippen molar-refractivity contribution >= 4 is 21.6 Å².